The SMILES string of the molecule is CS(=O)(=O)c1ccc(-c2cccc(-n3c(CC(CN)=C(F)F)n[nH]c3=O)n2)cc1.O=C(O)C(F)(F)F. The van der Waals surface area contributed by atoms with E-state index in [1.807, 2.05) is 0 Å². The molecule has 2 heterocycles. The van der Waals surface area contributed by atoms with E-state index in [0.717, 1.165) is 10.8 Å². The summed E-state index contributed by atoms with van der Waals surface area (Å²) < 4.78 is 81.9. The maximum absolute atomic E-state index is 12.9. The van der Waals surface area contributed by atoms with Crippen LogP contribution in [0.1, 0.15) is 5.82 Å². The fourth-order valence-corrected chi connectivity index (χ4v) is 3.30. The standard InChI is InChI=1S/C18H17F2N5O3S.C2HF3O2/c1-29(27,28)13-7-5-11(6-8-13)14-3-2-4-15(22-14)25-16(23-24-18(25)26)9-12(10-21)17(19)20;3-2(4,5)1(6)7/h2-8H,9-10,21H2,1H3,(H,24,26);(H,6,7). The van der Waals surface area contributed by atoms with Gasteiger partial charge in [0.05, 0.1) is 10.6 Å². The van der Waals surface area contributed by atoms with Gasteiger partial charge in [0.1, 0.15) is 11.6 Å². The van der Waals surface area contributed by atoms with E-state index in [1.54, 1.807) is 24.3 Å². The Morgan fingerprint density at radius 1 is 1.14 bits per heavy atom. The van der Waals surface area contributed by atoms with Crippen molar-refractivity contribution in [2.24, 2.45) is 5.73 Å². The molecular formula is C20H18F5N5O5S. The van der Waals surface area contributed by atoms with Crippen molar-refractivity contribution in [3.63, 3.8) is 0 Å². The second-order valence-electron chi connectivity index (χ2n) is 7.01. The van der Waals surface area contributed by atoms with Gasteiger partial charge in [0, 0.05) is 30.4 Å². The number of nitrogens with two attached hydrogens (primary N) is 1. The molecule has 10 nitrogen and oxygen atoms in total. The first-order valence-corrected chi connectivity index (χ1v) is 11.5. The maximum Gasteiger partial charge on any atom is 0.490 e. The monoisotopic (exact) mass is 535 g/mol. The number of aromatic amines is 1. The fourth-order valence-electron chi connectivity index (χ4n) is 2.67. The van der Waals surface area contributed by atoms with E-state index < -0.39 is 33.8 Å². The Hall–Kier alpha value is -3.92. The van der Waals surface area contributed by atoms with Crippen molar-refractivity contribution in [2.75, 3.05) is 12.8 Å². The number of H-pyrrole nitrogens is 1. The van der Waals surface area contributed by atoms with Crippen LogP contribution in [0.5, 0.6) is 0 Å². The van der Waals surface area contributed by atoms with Gasteiger partial charge in [-0.25, -0.2) is 32.7 Å². The summed E-state index contributed by atoms with van der Waals surface area (Å²) in [6.07, 6.45) is -6.20. The molecule has 16 heteroatoms. The minimum absolute atomic E-state index is 0.0420. The third-order valence-electron chi connectivity index (χ3n) is 4.41. The highest BCUT2D eigenvalue weighted by molar-refractivity contribution is 7.90. The molecule has 0 spiro atoms. The number of pyridine rings is 1. The van der Waals surface area contributed by atoms with Gasteiger partial charge in [0.15, 0.2) is 9.84 Å². The van der Waals surface area contributed by atoms with Gasteiger partial charge in [0.2, 0.25) is 0 Å². The molecule has 3 rings (SSSR count). The Kier molecular flexibility index (Phi) is 8.82. The van der Waals surface area contributed by atoms with Crippen LogP contribution < -0.4 is 11.4 Å². The molecule has 0 saturated carbocycles. The van der Waals surface area contributed by atoms with Crippen molar-refractivity contribution >= 4 is 15.8 Å². The van der Waals surface area contributed by atoms with Gasteiger partial charge in [-0.15, -0.1) is 0 Å². The molecular weight excluding hydrogens is 517 g/mol. The van der Waals surface area contributed by atoms with E-state index in [1.165, 1.54) is 18.2 Å². The largest absolute Gasteiger partial charge is 0.490 e. The lowest BCUT2D eigenvalue weighted by atomic mass is 10.1. The molecule has 0 atom stereocenters. The first-order chi connectivity index (χ1) is 16.6. The molecule has 0 aliphatic heterocycles. The predicted octanol–water partition coefficient (Wildman–Crippen LogP) is 2.31. The molecule has 1 aromatic carbocycles. The van der Waals surface area contributed by atoms with Gasteiger partial charge < -0.3 is 10.8 Å². The molecule has 0 saturated heterocycles. The lowest BCUT2D eigenvalue weighted by molar-refractivity contribution is -0.192. The van der Waals surface area contributed by atoms with Crippen LogP contribution in [0.4, 0.5) is 22.0 Å². The number of carboxylic acid groups (broad SMARTS) is 1. The van der Waals surface area contributed by atoms with Gasteiger partial charge in [-0.1, -0.05) is 18.2 Å². The maximum atomic E-state index is 12.9. The summed E-state index contributed by atoms with van der Waals surface area (Å²) in [5.41, 5.74) is 5.46. The van der Waals surface area contributed by atoms with Crippen LogP contribution in [0, 0.1) is 0 Å². The average molecular weight is 535 g/mol. The number of benzene rings is 1. The fraction of sp³-hybridized carbons (Fsp3) is 0.200. The van der Waals surface area contributed by atoms with Gasteiger partial charge in [-0.05, 0) is 24.3 Å². The highest BCUT2D eigenvalue weighted by Gasteiger charge is 2.38. The molecule has 0 aliphatic rings. The minimum atomic E-state index is -5.08. The van der Waals surface area contributed by atoms with E-state index in [-0.39, 0.29) is 35.1 Å². The van der Waals surface area contributed by atoms with Crippen molar-refractivity contribution < 1.29 is 40.3 Å². The number of halogens is 5. The molecule has 4 N–H and O–H groups in total. The van der Waals surface area contributed by atoms with Crippen molar-refractivity contribution in [1.29, 1.82) is 0 Å². The number of nitrogens with zero attached hydrogens (tertiary/aromatic N) is 3. The Bertz CT molecular complexity index is 1430. The number of sulfone groups is 1. The van der Waals surface area contributed by atoms with Crippen LogP contribution in [0.25, 0.3) is 17.1 Å². The molecule has 36 heavy (non-hydrogen) atoms. The summed E-state index contributed by atoms with van der Waals surface area (Å²) in [7, 11) is -3.33. The highest BCUT2D eigenvalue weighted by atomic mass is 32.2. The number of carboxylic acids is 1. The van der Waals surface area contributed by atoms with Gasteiger partial charge in [0.25, 0.3) is 6.08 Å². The first kappa shape index (κ1) is 28.3. The first-order valence-electron chi connectivity index (χ1n) is 9.62. The zero-order valence-corrected chi connectivity index (χ0v) is 19.1. The molecule has 0 radical (unpaired) electrons. The summed E-state index contributed by atoms with van der Waals surface area (Å²) in [5.74, 6) is -2.54. The minimum Gasteiger partial charge on any atom is -0.475 e. The van der Waals surface area contributed by atoms with Crippen molar-refractivity contribution in [2.45, 2.75) is 17.5 Å². The van der Waals surface area contributed by atoms with Gasteiger partial charge in [-0.2, -0.15) is 27.1 Å². The third kappa shape index (κ3) is 7.29. The quantitative estimate of drug-likeness (QED) is 0.405. The predicted molar refractivity (Wildman–Crippen MR) is 116 cm³/mol. The van der Waals surface area contributed by atoms with Crippen LogP contribution >= 0.6 is 0 Å². The number of hydrogen-bond acceptors (Lipinski definition) is 7. The van der Waals surface area contributed by atoms with Crippen molar-refractivity contribution in [3.05, 3.63) is 70.4 Å². The number of carbonyl (C=O) groups is 1. The topological polar surface area (TPSA) is 161 Å². The smallest absolute Gasteiger partial charge is 0.475 e. The Morgan fingerprint density at radius 2 is 1.72 bits per heavy atom. The molecule has 0 unspecified atom stereocenters. The second kappa shape index (κ2) is 11.2. The van der Waals surface area contributed by atoms with Crippen molar-refractivity contribution in [1.82, 2.24) is 19.7 Å². The number of rotatable bonds is 6. The molecule has 194 valence electrons. The summed E-state index contributed by atoms with van der Waals surface area (Å²) >= 11 is 0. The molecule has 0 amide bonds. The normalized spacial score (nSPS) is 11.4. The van der Waals surface area contributed by atoms with Crippen LogP contribution in [-0.2, 0) is 21.1 Å². The Labute approximate surface area is 199 Å². The summed E-state index contributed by atoms with van der Waals surface area (Å²) in [4.78, 5) is 25.6. The lowest BCUT2D eigenvalue weighted by Gasteiger charge is -2.08. The molecule has 3 aromatic rings. The van der Waals surface area contributed by atoms with Crippen LogP contribution in [-0.4, -0.2) is 58.2 Å². The third-order valence-corrected chi connectivity index (χ3v) is 5.54. The summed E-state index contributed by atoms with van der Waals surface area (Å²) in [5, 5.41) is 13.2. The lowest BCUT2D eigenvalue weighted by Crippen LogP contribution is -2.21. The van der Waals surface area contributed by atoms with Crippen LogP contribution in [0.15, 0.2) is 63.8 Å². The molecule has 2 aromatic heterocycles. The van der Waals surface area contributed by atoms with E-state index in [9.17, 15) is 35.2 Å². The molecule has 0 aliphatic carbocycles. The number of alkyl halides is 3. The zero-order chi connectivity index (χ0) is 27.3. The van der Waals surface area contributed by atoms with E-state index in [4.69, 9.17) is 15.6 Å². The van der Waals surface area contributed by atoms with Crippen LogP contribution in [0.3, 0.4) is 0 Å². The molecule has 0 bridgehead atoms. The number of hydrogen-bond donors (Lipinski definition) is 3. The summed E-state index contributed by atoms with van der Waals surface area (Å²) in [6.45, 7) is -0.371. The van der Waals surface area contributed by atoms with Crippen LogP contribution in [0.2, 0.25) is 0 Å². The average Bonchev–Trinajstić information content (AvgIpc) is 3.16. The van der Waals surface area contributed by atoms with E-state index in [0.29, 0.717) is 11.3 Å². The zero-order valence-electron chi connectivity index (χ0n) is 18.3. The van der Waals surface area contributed by atoms with Gasteiger partial charge >= 0.3 is 17.8 Å². The Balaban J connectivity index is 0.000000572. The number of aromatic nitrogens is 4. The van der Waals surface area contributed by atoms with Crippen molar-refractivity contribution in [3.8, 4) is 17.1 Å². The van der Waals surface area contributed by atoms with E-state index in [2.05, 4.69) is 15.2 Å². The Morgan fingerprint density at radius 3 is 2.19 bits per heavy atom. The second-order valence-corrected chi connectivity index (χ2v) is 9.02. The highest BCUT2D eigenvalue weighted by Crippen LogP contribution is 2.21. The number of nitrogens with one attached hydrogen (secondary N) is 1. The summed E-state index contributed by atoms with van der Waals surface area (Å²) in [6, 6.07) is 10.9. The number of aliphatic carboxylic acids is 1. The van der Waals surface area contributed by atoms with E-state index >= 15 is 0 Å². The molecule has 0 fully saturated rings. The van der Waals surface area contributed by atoms with Gasteiger partial charge in [-0.3, -0.25) is 0 Å².